The summed E-state index contributed by atoms with van der Waals surface area (Å²) in [6.45, 7) is 0. The summed E-state index contributed by atoms with van der Waals surface area (Å²) >= 11 is 0. The van der Waals surface area contributed by atoms with Gasteiger partial charge in [-0.3, -0.25) is 9.59 Å². The summed E-state index contributed by atoms with van der Waals surface area (Å²) in [4.78, 5) is 25.6. The summed E-state index contributed by atoms with van der Waals surface area (Å²) in [5.74, 6) is -0.146. The monoisotopic (exact) mass is 315 g/mol. The number of anilines is 2. The van der Waals surface area contributed by atoms with Crippen LogP contribution in [0.5, 0.6) is 5.75 Å². The van der Waals surface area contributed by atoms with Gasteiger partial charge in [0.15, 0.2) is 11.6 Å². The molecule has 0 spiro atoms. The topological polar surface area (TPSA) is 66.4 Å². The van der Waals surface area contributed by atoms with E-state index < -0.39 is 0 Å². The second-order valence-electron chi connectivity index (χ2n) is 5.60. The van der Waals surface area contributed by atoms with E-state index in [-0.39, 0.29) is 17.3 Å². The molecule has 0 bridgehead atoms. The molecule has 116 valence electrons. The molecule has 4 rings (SSSR count). The van der Waals surface area contributed by atoms with Gasteiger partial charge in [0.25, 0.3) is 0 Å². The predicted molar refractivity (Wildman–Crippen MR) is 91.1 cm³/mol. The quantitative estimate of drug-likeness (QED) is 0.550. The largest absolute Gasteiger partial charge is 0.508 e. The number of ketones is 2. The van der Waals surface area contributed by atoms with Crippen molar-refractivity contribution >= 4 is 22.9 Å². The number of fused-ring (bicyclic) bond motifs is 2. The molecule has 0 saturated heterocycles. The van der Waals surface area contributed by atoms with E-state index in [1.165, 1.54) is 0 Å². The van der Waals surface area contributed by atoms with Crippen molar-refractivity contribution in [2.75, 3.05) is 5.32 Å². The zero-order valence-corrected chi connectivity index (χ0v) is 12.6. The summed E-state index contributed by atoms with van der Waals surface area (Å²) in [6.07, 6.45) is 0. The van der Waals surface area contributed by atoms with E-state index in [0.717, 1.165) is 5.69 Å². The number of rotatable bonds is 2. The van der Waals surface area contributed by atoms with Crippen LogP contribution in [0.2, 0.25) is 0 Å². The summed E-state index contributed by atoms with van der Waals surface area (Å²) < 4.78 is 0. The standard InChI is InChI=1S/C20H13NO3/c22-13-10-8-12(9-11-13)21-17-7-3-6-16-18(17)20(24)15-5-2-1-4-14(15)19(16)23/h1-11,21-22H. The molecule has 3 aromatic rings. The van der Waals surface area contributed by atoms with Crippen LogP contribution in [0.25, 0.3) is 0 Å². The third-order valence-electron chi connectivity index (χ3n) is 4.10. The molecule has 0 fully saturated rings. The number of carbonyl (C=O) groups is 2. The maximum absolute atomic E-state index is 12.9. The fraction of sp³-hybridized carbons (Fsp3) is 0. The van der Waals surface area contributed by atoms with Gasteiger partial charge in [-0.1, -0.05) is 36.4 Å². The van der Waals surface area contributed by atoms with Gasteiger partial charge in [0.05, 0.1) is 11.3 Å². The Labute approximate surface area is 138 Å². The first-order valence-electron chi connectivity index (χ1n) is 7.52. The van der Waals surface area contributed by atoms with Crippen LogP contribution >= 0.6 is 0 Å². The van der Waals surface area contributed by atoms with Gasteiger partial charge in [-0.05, 0) is 30.3 Å². The van der Waals surface area contributed by atoms with Gasteiger partial charge in [0.1, 0.15) is 5.75 Å². The van der Waals surface area contributed by atoms with Crippen molar-refractivity contribution < 1.29 is 14.7 Å². The minimum atomic E-state index is -0.165. The van der Waals surface area contributed by atoms with Crippen LogP contribution in [0.4, 0.5) is 11.4 Å². The molecule has 0 unspecified atom stereocenters. The van der Waals surface area contributed by atoms with E-state index >= 15 is 0 Å². The SMILES string of the molecule is O=C1c2ccccc2C(=O)c2c(Nc3ccc(O)cc3)cccc21. The molecule has 4 nitrogen and oxygen atoms in total. The third-order valence-corrected chi connectivity index (χ3v) is 4.10. The second-order valence-corrected chi connectivity index (χ2v) is 5.60. The Hall–Kier alpha value is -3.40. The van der Waals surface area contributed by atoms with Crippen LogP contribution in [0.15, 0.2) is 66.7 Å². The van der Waals surface area contributed by atoms with E-state index in [0.29, 0.717) is 27.9 Å². The molecule has 0 aromatic heterocycles. The van der Waals surface area contributed by atoms with E-state index in [1.54, 1.807) is 66.7 Å². The Balaban J connectivity index is 1.83. The number of hydrogen-bond donors (Lipinski definition) is 2. The fourth-order valence-corrected chi connectivity index (χ4v) is 2.95. The first-order chi connectivity index (χ1) is 11.6. The molecular formula is C20H13NO3. The lowest BCUT2D eigenvalue weighted by molar-refractivity contribution is 0.0979. The van der Waals surface area contributed by atoms with Gasteiger partial charge in [-0.15, -0.1) is 0 Å². The number of aromatic hydroxyl groups is 1. The molecule has 1 aliphatic rings. The fourth-order valence-electron chi connectivity index (χ4n) is 2.95. The number of phenolic OH excluding ortho intramolecular Hbond substituents is 1. The van der Waals surface area contributed by atoms with Crippen LogP contribution in [0, 0.1) is 0 Å². The molecule has 4 heteroatoms. The van der Waals surface area contributed by atoms with Crippen molar-refractivity contribution in [2.24, 2.45) is 0 Å². The normalized spacial score (nSPS) is 12.5. The molecule has 3 aromatic carbocycles. The highest BCUT2D eigenvalue weighted by atomic mass is 16.3. The predicted octanol–water partition coefficient (Wildman–Crippen LogP) is 3.91. The van der Waals surface area contributed by atoms with Crippen LogP contribution in [-0.4, -0.2) is 16.7 Å². The molecule has 24 heavy (non-hydrogen) atoms. The highest BCUT2D eigenvalue weighted by molar-refractivity contribution is 6.30. The molecule has 0 aliphatic heterocycles. The highest BCUT2D eigenvalue weighted by Gasteiger charge is 2.31. The van der Waals surface area contributed by atoms with E-state index in [1.807, 2.05) is 0 Å². The van der Waals surface area contributed by atoms with Crippen molar-refractivity contribution in [3.05, 3.63) is 89.0 Å². The maximum atomic E-state index is 12.9. The van der Waals surface area contributed by atoms with Gasteiger partial charge in [0, 0.05) is 22.4 Å². The lowest BCUT2D eigenvalue weighted by atomic mass is 9.83. The minimum absolute atomic E-state index is 0.144. The smallest absolute Gasteiger partial charge is 0.196 e. The Morgan fingerprint density at radius 3 is 2.00 bits per heavy atom. The van der Waals surface area contributed by atoms with Gasteiger partial charge in [-0.25, -0.2) is 0 Å². The summed E-state index contributed by atoms with van der Waals surface area (Å²) in [7, 11) is 0. The second kappa shape index (κ2) is 5.35. The molecule has 0 heterocycles. The average molecular weight is 315 g/mol. The summed E-state index contributed by atoms with van der Waals surface area (Å²) in [5, 5.41) is 12.5. The number of benzene rings is 3. The van der Waals surface area contributed by atoms with Gasteiger partial charge in [-0.2, -0.15) is 0 Å². The summed E-state index contributed by atoms with van der Waals surface area (Å²) in [6, 6.07) is 18.6. The van der Waals surface area contributed by atoms with E-state index in [9.17, 15) is 14.7 Å². The molecule has 0 atom stereocenters. The molecule has 0 radical (unpaired) electrons. The Morgan fingerprint density at radius 2 is 1.29 bits per heavy atom. The molecule has 0 amide bonds. The summed E-state index contributed by atoms with van der Waals surface area (Å²) in [5.41, 5.74) is 2.95. The first kappa shape index (κ1) is 14.2. The number of phenols is 1. The third kappa shape index (κ3) is 2.16. The van der Waals surface area contributed by atoms with Crippen molar-refractivity contribution in [3.63, 3.8) is 0 Å². The first-order valence-corrected chi connectivity index (χ1v) is 7.52. The van der Waals surface area contributed by atoms with Crippen LogP contribution in [0.3, 0.4) is 0 Å². The molecule has 1 aliphatic carbocycles. The van der Waals surface area contributed by atoms with Crippen molar-refractivity contribution in [1.29, 1.82) is 0 Å². The van der Waals surface area contributed by atoms with Gasteiger partial charge >= 0.3 is 0 Å². The van der Waals surface area contributed by atoms with Crippen molar-refractivity contribution in [1.82, 2.24) is 0 Å². The number of carbonyl (C=O) groups excluding carboxylic acids is 2. The Morgan fingerprint density at radius 1 is 0.667 bits per heavy atom. The lowest BCUT2D eigenvalue weighted by Crippen LogP contribution is -2.21. The van der Waals surface area contributed by atoms with E-state index in [2.05, 4.69) is 5.32 Å². The van der Waals surface area contributed by atoms with Gasteiger partial charge in [0.2, 0.25) is 0 Å². The zero-order chi connectivity index (χ0) is 16.7. The lowest BCUT2D eigenvalue weighted by Gasteiger charge is -2.20. The molecular weight excluding hydrogens is 302 g/mol. The number of nitrogens with one attached hydrogen (secondary N) is 1. The van der Waals surface area contributed by atoms with Crippen LogP contribution in [-0.2, 0) is 0 Å². The van der Waals surface area contributed by atoms with Crippen molar-refractivity contribution in [3.8, 4) is 5.75 Å². The highest BCUT2D eigenvalue weighted by Crippen LogP contribution is 2.33. The van der Waals surface area contributed by atoms with Gasteiger partial charge < -0.3 is 10.4 Å². The minimum Gasteiger partial charge on any atom is -0.508 e. The van der Waals surface area contributed by atoms with E-state index in [4.69, 9.17) is 0 Å². The molecule has 2 N–H and O–H groups in total. The molecule has 0 saturated carbocycles. The average Bonchev–Trinajstić information content (AvgIpc) is 2.61. The van der Waals surface area contributed by atoms with Crippen LogP contribution in [0.1, 0.15) is 31.8 Å². The Bertz CT molecular complexity index is 974. The van der Waals surface area contributed by atoms with Crippen LogP contribution < -0.4 is 5.32 Å². The zero-order valence-electron chi connectivity index (χ0n) is 12.6. The maximum Gasteiger partial charge on any atom is 0.196 e. The Kier molecular flexibility index (Phi) is 3.17. The number of hydrogen-bond acceptors (Lipinski definition) is 4. The van der Waals surface area contributed by atoms with Crippen molar-refractivity contribution in [2.45, 2.75) is 0 Å².